The van der Waals surface area contributed by atoms with E-state index in [-0.39, 0.29) is 0 Å². The van der Waals surface area contributed by atoms with Gasteiger partial charge in [-0.2, -0.15) is 0 Å². The highest BCUT2D eigenvalue weighted by Gasteiger charge is 2.16. The van der Waals surface area contributed by atoms with E-state index in [0.717, 1.165) is 25.9 Å². The lowest BCUT2D eigenvalue weighted by atomic mass is 9.97. The van der Waals surface area contributed by atoms with Gasteiger partial charge < -0.3 is 5.32 Å². The summed E-state index contributed by atoms with van der Waals surface area (Å²) in [6.07, 6.45) is 3.97. The third-order valence-corrected chi connectivity index (χ3v) is 4.64. The number of hydrogen-bond acceptors (Lipinski definition) is 3. The van der Waals surface area contributed by atoms with Crippen molar-refractivity contribution in [3.63, 3.8) is 0 Å². The first-order chi connectivity index (χ1) is 6.64. The standard InChI is InChI=1S/C10H21NO2S/c1-2-7-14(12,13)8-5-10-4-3-6-11-9-10/h10-11H,2-9H2,1H3. The lowest BCUT2D eigenvalue weighted by Crippen LogP contribution is -2.31. The van der Waals surface area contributed by atoms with Crippen LogP contribution in [0.4, 0.5) is 0 Å². The molecule has 0 aromatic rings. The van der Waals surface area contributed by atoms with Gasteiger partial charge in [0.15, 0.2) is 0 Å². The van der Waals surface area contributed by atoms with E-state index in [1.807, 2.05) is 6.92 Å². The van der Waals surface area contributed by atoms with Gasteiger partial charge in [-0.1, -0.05) is 6.92 Å². The van der Waals surface area contributed by atoms with E-state index < -0.39 is 9.84 Å². The Labute approximate surface area is 87.2 Å². The van der Waals surface area contributed by atoms with Gasteiger partial charge in [0.25, 0.3) is 0 Å². The van der Waals surface area contributed by atoms with Crippen LogP contribution in [-0.4, -0.2) is 33.0 Å². The predicted octanol–water partition coefficient (Wildman–Crippen LogP) is 1.20. The van der Waals surface area contributed by atoms with Gasteiger partial charge in [0.1, 0.15) is 9.84 Å². The van der Waals surface area contributed by atoms with Crippen LogP contribution in [0.1, 0.15) is 32.6 Å². The molecule has 3 nitrogen and oxygen atoms in total. The number of piperidine rings is 1. The van der Waals surface area contributed by atoms with Crippen LogP contribution in [0.2, 0.25) is 0 Å². The molecule has 1 rings (SSSR count). The molecule has 0 aromatic carbocycles. The largest absolute Gasteiger partial charge is 0.316 e. The molecule has 0 bridgehead atoms. The number of hydrogen-bond donors (Lipinski definition) is 1. The predicted molar refractivity (Wildman–Crippen MR) is 59.2 cm³/mol. The van der Waals surface area contributed by atoms with Crippen LogP contribution in [0.15, 0.2) is 0 Å². The SMILES string of the molecule is CCCS(=O)(=O)CCC1CCCNC1. The van der Waals surface area contributed by atoms with Gasteiger partial charge in [0, 0.05) is 5.75 Å². The molecule has 0 aliphatic carbocycles. The molecule has 1 N–H and O–H groups in total. The summed E-state index contributed by atoms with van der Waals surface area (Å²) in [4.78, 5) is 0. The van der Waals surface area contributed by atoms with Crippen molar-refractivity contribution in [3.8, 4) is 0 Å². The molecule has 1 aliphatic rings. The Hall–Kier alpha value is -0.0900. The fraction of sp³-hybridized carbons (Fsp3) is 1.00. The number of rotatable bonds is 5. The maximum absolute atomic E-state index is 11.5. The molecule has 1 heterocycles. The highest BCUT2D eigenvalue weighted by Crippen LogP contribution is 2.15. The first-order valence-electron chi connectivity index (χ1n) is 5.55. The first-order valence-corrected chi connectivity index (χ1v) is 7.37. The fourth-order valence-corrected chi connectivity index (χ4v) is 3.45. The molecule has 0 spiro atoms. The summed E-state index contributed by atoms with van der Waals surface area (Å²) >= 11 is 0. The van der Waals surface area contributed by atoms with Crippen molar-refractivity contribution in [2.45, 2.75) is 32.6 Å². The van der Waals surface area contributed by atoms with E-state index in [0.29, 0.717) is 17.4 Å². The van der Waals surface area contributed by atoms with Crippen LogP contribution in [0, 0.1) is 5.92 Å². The Morgan fingerprint density at radius 2 is 2.14 bits per heavy atom. The molecule has 1 saturated heterocycles. The lowest BCUT2D eigenvalue weighted by Gasteiger charge is -2.22. The molecule has 14 heavy (non-hydrogen) atoms. The van der Waals surface area contributed by atoms with Crippen molar-refractivity contribution in [1.29, 1.82) is 0 Å². The van der Waals surface area contributed by atoms with Gasteiger partial charge in [-0.15, -0.1) is 0 Å². The Morgan fingerprint density at radius 3 is 2.71 bits per heavy atom. The number of nitrogens with one attached hydrogen (secondary N) is 1. The van der Waals surface area contributed by atoms with Gasteiger partial charge in [-0.25, -0.2) is 8.42 Å². The van der Waals surface area contributed by atoms with Crippen molar-refractivity contribution in [2.24, 2.45) is 5.92 Å². The van der Waals surface area contributed by atoms with Crippen molar-refractivity contribution in [3.05, 3.63) is 0 Å². The van der Waals surface area contributed by atoms with Crippen LogP contribution in [0.5, 0.6) is 0 Å². The average molecular weight is 219 g/mol. The summed E-state index contributed by atoms with van der Waals surface area (Å²) in [7, 11) is -2.76. The Bertz CT molecular complexity index is 243. The Kier molecular flexibility index (Phi) is 4.89. The van der Waals surface area contributed by atoms with Crippen LogP contribution >= 0.6 is 0 Å². The molecule has 1 unspecified atom stereocenters. The van der Waals surface area contributed by atoms with Crippen LogP contribution < -0.4 is 5.32 Å². The summed E-state index contributed by atoms with van der Waals surface area (Å²) in [5.74, 6) is 1.32. The van der Waals surface area contributed by atoms with Gasteiger partial charge in [-0.3, -0.25) is 0 Å². The highest BCUT2D eigenvalue weighted by molar-refractivity contribution is 7.91. The van der Waals surface area contributed by atoms with E-state index in [9.17, 15) is 8.42 Å². The summed E-state index contributed by atoms with van der Waals surface area (Å²) in [5, 5.41) is 3.31. The monoisotopic (exact) mass is 219 g/mol. The second kappa shape index (κ2) is 5.71. The molecule has 84 valence electrons. The van der Waals surface area contributed by atoms with Gasteiger partial charge >= 0.3 is 0 Å². The molecule has 0 amide bonds. The lowest BCUT2D eigenvalue weighted by molar-refractivity contribution is 0.369. The minimum atomic E-state index is -2.76. The zero-order valence-electron chi connectivity index (χ0n) is 8.96. The Morgan fingerprint density at radius 1 is 1.36 bits per heavy atom. The summed E-state index contributed by atoms with van der Waals surface area (Å²) in [6.45, 7) is 4.01. The number of sulfone groups is 1. The molecule has 0 aromatic heterocycles. The van der Waals surface area contributed by atoms with E-state index in [1.54, 1.807) is 0 Å². The summed E-state index contributed by atoms with van der Waals surface area (Å²) < 4.78 is 22.9. The van der Waals surface area contributed by atoms with Crippen molar-refractivity contribution in [1.82, 2.24) is 5.32 Å². The summed E-state index contributed by atoms with van der Waals surface area (Å²) in [5.41, 5.74) is 0. The van der Waals surface area contributed by atoms with E-state index >= 15 is 0 Å². The molecule has 1 aliphatic heterocycles. The van der Waals surface area contributed by atoms with Gasteiger partial charge in [0.2, 0.25) is 0 Å². The smallest absolute Gasteiger partial charge is 0.150 e. The first kappa shape index (κ1) is 12.0. The van der Waals surface area contributed by atoms with Crippen molar-refractivity contribution in [2.75, 3.05) is 24.6 Å². The fourth-order valence-electron chi connectivity index (χ4n) is 1.93. The quantitative estimate of drug-likeness (QED) is 0.756. The molecular formula is C10H21NO2S. The van der Waals surface area contributed by atoms with Gasteiger partial charge in [0.05, 0.1) is 5.75 Å². The average Bonchev–Trinajstić information content (AvgIpc) is 2.17. The second-order valence-corrected chi connectivity index (χ2v) is 6.46. The maximum atomic E-state index is 11.5. The van der Waals surface area contributed by atoms with Crippen LogP contribution in [0.25, 0.3) is 0 Å². The minimum absolute atomic E-state index is 0.354. The van der Waals surface area contributed by atoms with E-state index in [1.165, 1.54) is 12.8 Å². The third-order valence-electron chi connectivity index (χ3n) is 2.75. The molecule has 0 radical (unpaired) electrons. The third kappa shape index (κ3) is 4.42. The zero-order chi connectivity index (χ0) is 10.4. The van der Waals surface area contributed by atoms with Crippen molar-refractivity contribution >= 4 is 9.84 Å². The normalized spacial score (nSPS) is 23.6. The molecule has 0 saturated carbocycles. The summed E-state index contributed by atoms with van der Waals surface area (Å²) in [6, 6.07) is 0. The molecule has 1 fully saturated rings. The van der Waals surface area contributed by atoms with Gasteiger partial charge in [-0.05, 0) is 44.7 Å². The maximum Gasteiger partial charge on any atom is 0.150 e. The highest BCUT2D eigenvalue weighted by atomic mass is 32.2. The Balaban J connectivity index is 2.24. The molecule has 4 heteroatoms. The second-order valence-electron chi connectivity index (χ2n) is 4.15. The van der Waals surface area contributed by atoms with Crippen LogP contribution in [0.3, 0.4) is 0 Å². The minimum Gasteiger partial charge on any atom is -0.316 e. The zero-order valence-corrected chi connectivity index (χ0v) is 9.78. The van der Waals surface area contributed by atoms with E-state index in [2.05, 4.69) is 5.32 Å². The molecular weight excluding hydrogens is 198 g/mol. The van der Waals surface area contributed by atoms with Crippen molar-refractivity contribution < 1.29 is 8.42 Å². The van der Waals surface area contributed by atoms with Crippen LogP contribution in [-0.2, 0) is 9.84 Å². The molecule has 1 atom stereocenters. The van der Waals surface area contributed by atoms with E-state index in [4.69, 9.17) is 0 Å². The topological polar surface area (TPSA) is 46.2 Å².